The number of hydrogen-bond acceptors (Lipinski definition) is 3. The van der Waals surface area contributed by atoms with Crippen LogP contribution in [0, 0.1) is 0 Å². The van der Waals surface area contributed by atoms with Crippen LogP contribution in [0.25, 0.3) is 0 Å². The number of halogens is 1. The van der Waals surface area contributed by atoms with Gasteiger partial charge in [0.15, 0.2) is 0 Å². The SMILES string of the molecule is COCc1ccccc1N[C@H](C)Cn1cc(Br)cn1. The van der Waals surface area contributed by atoms with Crippen molar-refractivity contribution < 1.29 is 4.74 Å². The van der Waals surface area contributed by atoms with Gasteiger partial charge in [0, 0.05) is 30.6 Å². The summed E-state index contributed by atoms with van der Waals surface area (Å²) in [6.07, 6.45) is 3.77. The van der Waals surface area contributed by atoms with E-state index >= 15 is 0 Å². The van der Waals surface area contributed by atoms with Gasteiger partial charge in [0.05, 0.1) is 23.8 Å². The van der Waals surface area contributed by atoms with Gasteiger partial charge in [-0.05, 0) is 28.9 Å². The monoisotopic (exact) mass is 323 g/mol. The third-order valence-electron chi connectivity index (χ3n) is 2.78. The standard InChI is InChI=1S/C14H18BrN3O/c1-11(8-18-9-13(15)7-16-18)17-14-6-4-3-5-12(14)10-19-2/h3-7,9,11,17H,8,10H2,1-2H3/t11-/m1/s1. The van der Waals surface area contributed by atoms with Crippen LogP contribution >= 0.6 is 15.9 Å². The van der Waals surface area contributed by atoms with Crippen LogP contribution in [0.1, 0.15) is 12.5 Å². The third kappa shape index (κ3) is 4.08. The summed E-state index contributed by atoms with van der Waals surface area (Å²) < 4.78 is 8.12. The van der Waals surface area contributed by atoms with Gasteiger partial charge in [0.1, 0.15) is 0 Å². The van der Waals surface area contributed by atoms with E-state index in [1.54, 1.807) is 13.3 Å². The predicted molar refractivity (Wildman–Crippen MR) is 80.2 cm³/mol. The van der Waals surface area contributed by atoms with Crippen molar-refractivity contribution in [2.45, 2.75) is 26.1 Å². The topological polar surface area (TPSA) is 39.1 Å². The average Bonchev–Trinajstić information content (AvgIpc) is 2.77. The Morgan fingerprint density at radius 1 is 1.42 bits per heavy atom. The molecule has 0 amide bonds. The molecule has 0 aliphatic carbocycles. The Morgan fingerprint density at radius 3 is 2.89 bits per heavy atom. The molecule has 102 valence electrons. The number of rotatable bonds is 6. The van der Waals surface area contributed by atoms with Gasteiger partial charge >= 0.3 is 0 Å². The number of aromatic nitrogens is 2. The molecular weight excluding hydrogens is 306 g/mol. The molecule has 0 saturated carbocycles. The lowest BCUT2D eigenvalue weighted by Gasteiger charge is -2.18. The molecule has 1 aromatic carbocycles. The minimum atomic E-state index is 0.282. The molecule has 1 aromatic heterocycles. The number of nitrogens with one attached hydrogen (secondary N) is 1. The molecule has 0 saturated heterocycles. The Kier molecular flexibility index (Phi) is 4.99. The van der Waals surface area contributed by atoms with Gasteiger partial charge < -0.3 is 10.1 Å². The number of methoxy groups -OCH3 is 1. The number of benzene rings is 1. The fourth-order valence-electron chi connectivity index (χ4n) is 1.97. The molecule has 0 radical (unpaired) electrons. The maximum atomic E-state index is 5.21. The van der Waals surface area contributed by atoms with Crippen LogP contribution in [0.3, 0.4) is 0 Å². The van der Waals surface area contributed by atoms with Gasteiger partial charge in [-0.1, -0.05) is 18.2 Å². The summed E-state index contributed by atoms with van der Waals surface area (Å²) in [6, 6.07) is 8.48. The van der Waals surface area contributed by atoms with Crippen molar-refractivity contribution in [2.24, 2.45) is 0 Å². The first kappa shape index (κ1) is 14.1. The van der Waals surface area contributed by atoms with Crippen LogP contribution in [0.2, 0.25) is 0 Å². The average molecular weight is 324 g/mol. The number of hydrogen-bond donors (Lipinski definition) is 1. The minimum Gasteiger partial charge on any atom is -0.380 e. The summed E-state index contributed by atoms with van der Waals surface area (Å²) in [5.74, 6) is 0. The molecule has 2 rings (SSSR count). The first-order chi connectivity index (χ1) is 9.19. The van der Waals surface area contributed by atoms with E-state index in [1.807, 2.05) is 23.0 Å². The molecule has 0 spiro atoms. The molecular formula is C14H18BrN3O. The van der Waals surface area contributed by atoms with E-state index in [0.717, 1.165) is 16.7 Å². The van der Waals surface area contributed by atoms with Crippen LogP contribution in [-0.4, -0.2) is 22.9 Å². The van der Waals surface area contributed by atoms with Crippen molar-refractivity contribution in [1.29, 1.82) is 0 Å². The quantitative estimate of drug-likeness (QED) is 0.886. The summed E-state index contributed by atoms with van der Waals surface area (Å²) in [4.78, 5) is 0. The second kappa shape index (κ2) is 6.73. The highest BCUT2D eigenvalue weighted by molar-refractivity contribution is 9.10. The Balaban J connectivity index is 2.00. The minimum absolute atomic E-state index is 0.282. The van der Waals surface area contributed by atoms with Gasteiger partial charge in [-0.2, -0.15) is 5.10 Å². The maximum Gasteiger partial charge on any atom is 0.0733 e. The Bertz CT molecular complexity index is 527. The molecule has 0 fully saturated rings. The van der Waals surface area contributed by atoms with Crippen molar-refractivity contribution >= 4 is 21.6 Å². The van der Waals surface area contributed by atoms with E-state index in [1.165, 1.54) is 5.56 Å². The van der Waals surface area contributed by atoms with Crippen molar-refractivity contribution in [3.63, 3.8) is 0 Å². The van der Waals surface area contributed by atoms with Gasteiger partial charge in [-0.15, -0.1) is 0 Å². The molecule has 0 unspecified atom stereocenters. The second-order valence-corrected chi connectivity index (χ2v) is 5.43. The van der Waals surface area contributed by atoms with E-state index in [0.29, 0.717) is 6.61 Å². The Hall–Kier alpha value is -1.33. The molecule has 19 heavy (non-hydrogen) atoms. The van der Waals surface area contributed by atoms with E-state index < -0.39 is 0 Å². The van der Waals surface area contributed by atoms with Crippen molar-refractivity contribution in [3.8, 4) is 0 Å². The fourth-order valence-corrected chi connectivity index (χ4v) is 2.30. The van der Waals surface area contributed by atoms with E-state index in [2.05, 4.69) is 45.4 Å². The van der Waals surface area contributed by atoms with Gasteiger partial charge in [-0.25, -0.2) is 0 Å². The summed E-state index contributed by atoms with van der Waals surface area (Å²) in [5.41, 5.74) is 2.28. The first-order valence-corrected chi connectivity index (χ1v) is 6.99. The highest BCUT2D eigenvalue weighted by atomic mass is 79.9. The molecule has 0 aliphatic rings. The predicted octanol–water partition coefficient (Wildman–Crippen LogP) is 3.29. The number of ether oxygens (including phenoxy) is 1. The molecule has 2 aromatic rings. The highest BCUT2D eigenvalue weighted by Gasteiger charge is 2.07. The Labute approximate surface area is 121 Å². The van der Waals surface area contributed by atoms with Crippen molar-refractivity contribution in [2.75, 3.05) is 12.4 Å². The molecule has 4 nitrogen and oxygen atoms in total. The van der Waals surface area contributed by atoms with E-state index in [9.17, 15) is 0 Å². The molecule has 5 heteroatoms. The number of anilines is 1. The third-order valence-corrected chi connectivity index (χ3v) is 3.19. The number of nitrogens with zero attached hydrogens (tertiary/aromatic N) is 2. The summed E-state index contributed by atoms with van der Waals surface area (Å²) in [6.45, 7) is 3.56. The van der Waals surface area contributed by atoms with Gasteiger partial charge in [-0.3, -0.25) is 4.68 Å². The van der Waals surface area contributed by atoms with Crippen LogP contribution in [0.15, 0.2) is 41.1 Å². The normalized spacial score (nSPS) is 12.4. The van der Waals surface area contributed by atoms with Crippen LogP contribution < -0.4 is 5.32 Å². The van der Waals surface area contributed by atoms with Gasteiger partial charge in [0.2, 0.25) is 0 Å². The van der Waals surface area contributed by atoms with Gasteiger partial charge in [0.25, 0.3) is 0 Å². The fraction of sp³-hybridized carbons (Fsp3) is 0.357. The number of para-hydroxylation sites is 1. The van der Waals surface area contributed by atoms with Crippen molar-refractivity contribution in [1.82, 2.24) is 9.78 Å². The molecule has 1 N–H and O–H groups in total. The van der Waals surface area contributed by atoms with Crippen molar-refractivity contribution in [3.05, 3.63) is 46.7 Å². The van der Waals surface area contributed by atoms with E-state index in [4.69, 9.17) is 4.74 Å². The smallest absolute Gasteiger partial charge is 0.0733 e. The second-order valence-electron chi connectivity index (χ2n) is 4.52. The maximum absolute atomic E-state index is 5.21. The molecule has 1 atom stereocenters. The largest absolute Gasteiger partial charge is 0.380 e. The zero-order chi connectivity index (χ0) is 13.7. The molecule has 1 heterocycles. The lowest BCUT2D eigenvalue weighted by atomic mass is 10.1. The lowest BCUT2D eigenvalue weighted by molar-refractivity contribution is 0.185. The summed E-state index contributed by atoms with van der Waals surface area (Å²) in [5, 5.41) is 7.76. The zero-order valence-corrected chi connectivity index (χ0v) is 12.7. The lowest BCUT2D eigenvalue weighted by Crippen LogP contribution is -2.22. The zero-order valence-electron chi connectivity index (χ0n) is 11.1. The summed E-state index contributed by atoms with van der Waals surface area (Å²) >= 11 is 3.40. The Morgan fingerprint density at radius 2 is 2.21 bits per heavy atom. The highest BCUT2D eigenvalue weighted by Crippen LogP contribution is 2.17. The van der Waals surface area contributed by atoms with Crippen LogP contribution in [-0.2, 0) is 17.9 Å². The first-order valence-electron chi connectivity index (χ1n) is 6.20. The molecule has 0 aliphatic heterocycles. The summed E-state index contributed by atoms with van der Waals surface area (Å²) in [7, 11) is 1.71. The van der Waals surface area contributed by atoms with Crippen LogP contribution in [0.4, 0.5) is 5.69 Å². The van der Waals surface area contributed by atoms with Crippen LogP contribution in [0.5, 0.6) is 0 Å². The van der Waals surface area contributed by atoms with E-state index in [-0.39, 0.29) is 6.04 Å². The molecule has 0 bridgehead atoms.